The topological polar surface area (TPSA) is 31.9 Å². The van der Waals surface area contributed by atoms with Crippen LogP contribution in [0.2, 0.25) is 0 Å². The number of aromatic amines is 1. The van der Waals surface area contributed by atoms with Gasteiger partial charge in [-0.15, -0.1) is 17.8 Å². The maximum Gasteiger partial charge on any atom is 0.0989 e. The third-order valence-corrected chi connectivity index (χ3v) is 4.53. The molecule has 112 valence electrons. The Morgan fingerprint density at radius 3 is 2.95 bits per heavy atom. The number of nitrogens with zero attached hydrogens (tertiary/aromatic N) is 2. The summed E-state index contributed by atoms with van der Waals surface area (Å²) >= 11 is 1.60. The van der Waals surface area contributed by atoms with Gasteiger partial charge in [0, 0.05) is 46.7 Å². The predicted molar refractivity (Wildman–Crippen MR) is 93.1 cm³/mol. The van der Waals surface area contributed by atoms with Gasteiger partial charge in [0.25, 0.3) is 0 Å². The lowest BCUT2D eigenvalue weighted by Gasteiger charge is -2.29. The number of hydrogen-bond donors (Lipinski definition) is 1. The van der Waals surface area contributed by atoms with E-state index in [0.717, 1.165) is 13.0 Å². The van der Waals surface area contributed by atoms with Crippen molar-refractivity contribution in [3.63, 3.8) is 0 Å². The molecule has 1 atom stereocenters. The second-order valence-electron chi connectivity index (χ2n) is 5.54. The molecule has 0 amide bonds. The summed E-state index contributed by atoms with van der Waals surface area (Å²) in [6.07, 6.45) is 8.51. The van der Waals surface area contributed by atoms with Crippen molar-refractivity contribution in [2.75, 3.05) is 13.6 Å². The third-order valence-electron chi connectivity index (χ3n) is 4.01. The summed E-state index contributed by atoms with van der Waals surface area (Å²) in [5.41, 5.74) is 6.89. The minimum atomic E-state index is 0.106. The van der Waals surface area contributed by atoms with E-state index in [1.165, 1.54) is 27.7 Å². The van der Waals surface area contributed by atoms with E-state index in [4.69, 9.17) is 6.42 Å². The lowest BCUT2D eigenvalue weighted by atomic mass is 9.96. The van der Waals surface area contributed by atoms with E-state index in [1.54, 1.807) is 23.0 Å². The molecular formula is C18H19N3S. The van der Waals surface area contributed by atoms with Crippen molar-refractivity contribution in [1.82, 2.24) is 14.9 Å². The number of nitrogens with one attached hydrogen (secondary N) is 1. The first kappa shape index (κ1) is 14.8. The van der Waals surface area contributed by atoms with Gasteiger partial charge < -0.3 is 4.98 Å². The fraction of sp³-hybridized carbons (Fsp3) is 0.278. The lowest BCUT2D eigenvalue weighted by molar-refractivity contribution is 0.280. The minimum Gasteiger partial charge on any atom is -0.358 e. The highest BCUT2D eigenvalue weighted by Gasteiger charge is 2.26. The Hall–Kier alpha value is -2.09. The highest BCUT2D eigenvalue weighted by atomic mass is 32.1. The number of likely N-dealkylation sites (N-methyl/N-ethyl adjacent to an activating group) is 1. The Bertz CT molecular complexity index is 778. The van der Waals surface area contributed by atoms with Crippen LogP contribution in [0, 0.1) is 19.3 Å². The number of aromatic nitrogens is 2. The van der Waals surface area contributed by atoms with E-state index < -0.39 is 0 Å². The summed E-state index contributed by atoms with van der Waals surface area (Å²) in [5, 5.41) is 3.22. The van der Waals surface area contributed by atoms with Crippen molar-refractivity contribution in [2.45, 2.75) is 19.4 Å². The molecule has 3 nitrogen and oxygen atoms in total. The molecule has 1 aliphatic rings. The van der Waals surface area contributed by atoms with Crippen LogP contribution in [0.5, 0.6) is 0 Å². The lowest BCUT2D eigenvalue weighted by Crippen LogP contribution is -2.30. The van der Waals surface area contributed by atoms with Crippen molar-refractivity contribution in [3.8, 4) is 12.3 Å². The summed E-state index contributed by atoms with van der Waals surface area (Å²) in [6.45, 7) is 3.14. The quantitative estimate of drug-likeness (QED) is 0.641. The molecule has 0 spiro atoms. The fourth-order valence-corrected chi connectivity index (χ4v) is 3.27. The molecule has 2 aromatic heterocycles. The molecule has 0 saturated heterocycles. The maximum atomic E-state index is 5.69. The summed E-state index contributed by atoms with van der Waals surface area (Å²) in [5.74, 6) is 2.91. The number of rotatable bonds is 0. The molecule has 4 heteroatoms. The molecule has 0 radical (unpaired) electrons. The Kier molecular flexibility index (Phi) is 4.28. The summed E-state index contributed by atoms with van der Waals surface area (Å²) in [4.78, 5) is 9.49. The van der Waals surface area contributed by atoms with Crippen LogP contribution in [0.25, 0.3) is 10.9 Å². The highest BCUT2D eigenvalue weighted by molar-refractivity contribution is 7.07. The number of H-pyrrole nitrogens is 1. The van der Waals surface area contributed by atoms with Gasteiger partial charge in [0.15, 0.2) is 0 Å². The molecule has 1 unspecified atom stereocenters. The summed E-state index contributed by atoms with van der Waals surface area (Å²) in [7, 11) is 2.10. The van der Waals surface area contributed by atoms with E-state index >= 15 is 0 Å². The predicted octanol–water partition coefficient (Wildman–Crippen LogP) is 3.78. The zero-order chi connectivity index (χ0) is 15.5. The van der Waals surface area contributed by atoms with Gasteiger partial charge in [-0.3, -0.25) is 9.88 Å². The van der Waals surface area contributed by atoms with Gasteiger partial charge in [0.1, 0.15) is 0 Å². The van der Waals surface area contributed by atoms with E-state index in [-0.39, 0.29) is 6.04 Å². The van der Waals surface area contributed by atoms with Crippen LogP contribution >= 0.6 is 11.3 Å². The molecule has 22 heavy (non-hydrogen) atoms. The van der Waals surface area contributed by atoms with Crippen LogP contribution in [0.4, 0.5) is 0 Å². The van der Waals surface area contributed by atoms with Crippen molar-refractivity contribution in [2.24, 2.45) is 0 Å². The van der Waals surface area contributed by atoms with Crippen LogP contribution in [0.15, 0.2) is 35.3 Å². The van der Waals surface area contributed by atoms with Crippen molar-refractivity contribution in [1.29, 1.82) is 0 Å². The molecule has 0 bridgehead atoms. The number of benzene rings is 1. The Labute approximate surface area is 135 Å². The van der Waals surface area contributed by atoms with E-state index in [1.807, 2.05) is 5.38 Å². The average Bonchev–Trinajstić information content (AvgIpc) is 3.18. The summed E-state index contributed by atoms with van der Waals surface area (Å²) < 4.78 is 0. The van der Waals surface area contributed by atoms with Gasteiger partial charge in [-0.05, 0) is 26.1 Å². The normalized spacial score (nSPS) is 17.4. The molecule has 0 saturated carbocycles. The van der Waals surface area contributed by atoms with Crippen LogP contribution in [-0.2, 0) is 6.42 Å². The monoisotopic (exact) mass is 309 g/mol. The molecule has 4 rings (SSSR count). The fourth-order valence-electron chi connectivity index (χ4n) is 2.92. The Morgan fingerprint density at radius 1 is 1.45 bits per heavy atom. The van der Waals surface area contributed by atoms with Crippen molar-refractivity contribution >= 4 is 22.2 Å². The van der Waals surface area contributed by atoms with Gasteiger partial charge in [0.2, 0.25) is 0 Å². The molecule has 3 heterocycles. The van der Waals surface area contributed by atoms with Gasteiger partial charge in [-0.2, -0.15) is 0 Å². The van der Waals surface area contributed by atoms with E-state index in [2.05, 4.69) is 53.0 Å². The second-order valence-corrected chi connectivity index (χ2v) is 6.30. The van der Waals surface area contributed by atoms with Gasteiger partial charge in [-0.25, -0.2) is 0 Å². The molecule has 1 aromatic carbocycles. The first-order valence-electron chi connectivity index (χ1n) is 7.30. The van der Waals surface area contributed by atoms with Gasteiger partial charge in [0.05, 0.1) is 11.6 Å². The second kappa shape index (κ2) is 6.35. The molecular weight excluding hydrogens is 290 g/mol. The minimum absolute atomic E-state index is 0.106. The zero-order valence-corrected chi connectivity index (χ0v) is 13.7. The van der Waals surface area contributed by atoms with Crippen LogP contribution in [0.3, 0.4) is 0 Å². The first-order valence-corrected chi connectivity index (χ1v) is 8.24. The molecule has 1 aliphatic heterocycles. The van der Waals surface area contributed by atoms with Crippen molar-refractivity contribution < 1.29 is 0 Å². The molecule has 0 fully saturated rings. The zero-order valence-electron chi connectivity index (χ0n) is 12.8. The number of aryl methyl sites for hydroxylation is 1. The summed E-state index contributed by atoms with van der Waals surface area (Å²) in [6, 6.07) is 6.62. The van der Waals surface area contributed by atoms with E-state index in [9.17, 15) is 0 Å². The number of terminal acetylenes is 1. The van der Waals surface area contributed by atoms with Gasteiger partial charge in [-0.1, -0.05) is 17.6 Å². The van der Waals surface area contributed by atoms with Crippen molar-refractivity contribution in [3.05, 3.63) is 52.1 Å². The standard InChI is InChI=1S/C15H16N2.C3H3NS/c1-4-14-15-11-9-10(2)5-6-12(11)16-13(15)7-8-17(14)3;1-2-5-3-4-1/h1,5-6,9,14,16H,7-8H2,2-3H3;1-3H. The largest absolute Gasteiger partial charge is 0.358 e. The number of fused-ring (bicyclic) bond motifs is 3. The molecule has 1 N–H and O–H groups in total. The van der Waals surface area contributed by atoms with E-state index in [0.29, 0.717) is 0 Å². The first-order chi connectivity index (χ1) is 10.7. The van der Waals surface area contributed by atoms with Crippen LogP contribution < -0.4 is 0 Å². The molecule has 0 aliphatic carbocycles. The van der Waals surface area contributed by atoms with Crippen LogP contribution in [0.1, 0.15) is 22.9 Å². The van der Waals surface area contributed by atoms with Gasteiger partial charge >= 0.3 is 0 Å². The maximum absolute atomic E-state index is 5.69. The highest BCUT2D eigenvalue weighted by Crippen LogP contribution is 2.34. The SMILES string of the molecule is C#CC1c2c([nH]c3ccc(C)cc23)CCN1C.c1cscn1. The van der Waals surface area contributed by atoms with Crippen LogP contribution in [-0.4, -0.2) is 28.5 Å². The number of hydrogen-bond acceptors (Lipinski definition) is 3. The Morgan fingerprint density at radius 2 is 2.32 bits per heavy atom. The third kappa shape index (κ3) is 2.78. The average molecular weight is 309 g/mol. The Balaban J connectivity index is 0.000000246. The molecule has 3 aromatic rings. The number of thiazole rings is 1. The smallest absolute Gasteiger partial charge is 0.0989 e.